The van der Waals surface area contributed by atoms with Crippen LogP contribution in [0.5, 0.6) is 5.75 Å². The van der Waals surface area contributed by atoms with Gasteiger partial charge in [-0.25, -0.2) is 0 Å². The average Bonchev–Trinajstić information content (AvgIpc) is 3.22. The molecule has 0 saturated heterocycles. The van der Waals surface area contributed by atoms with E-state index in [4.69, 9.17) is 16.3 Å². The fourth-order valence-corrected chi connectivity index (χ4v) is 4.56. The predicted molar refractivity (Wildman–Crippen MR) is 118 cm³/mol. The van der Waals surface area contributed by atoms with Crippen molar-refractivity contribution >= 4 is 51.3 Å². The van der Waals surface area contributed by atoms with Crippen LogP contribution in [-0.2, 0) is 6.54 Å². The highest BCUT2D eigenvalue weighted by molar-refractivity contribution is 7.98. The van der Waals surface area contributed by atoms with Gasteiger partial charge >= 0.3 is 0 Å². The zero-order chi connectivity index (χ0) is 19.5. The normalized spacial score (nSPS) is 13.0. The Morgan fingerprint density at radius 2 is 2.04 bits per heavy atom. The first-order valence-corrected chi connectivity index (χ1v) is 11.3. The van der Waals surface area contributed by atoms with Crippen molar-refractivity contribution in [3.05, 3.63) is 70.1 Å². The van der Waals surface area contributed by atoms with Gasteiger partial charge in [0.1, 0.15) is 12.4 Å². The number of halogens is 1. The molecule has 1 aliphatic rings. The molecule has 1 amide bonds. The second-order valence-electron chi connectivity index (χ2n) is 6.28. The highest BCUT2D eigenvalue weighted by Gasteiger charge is 2.22. The summed E-state index contributed by atoms with van der Waals surface area (Å²) >= 11 is 9.33. The molecule has 0 saturated carbocycles. The van der Waals surface area contributed by atoms with Crippen molar-refractivity contribution in [2.75, 3.05) is 24.3 Å². The Morgan fingerprint density at radius 1 is 1.21 bits per heavy atom. The van der Waals surface area contributed by atoms with E-state index < -0.39 is 0 Å². The lowest BCUT2D eigenvalue weighted by Gasteiger charge is -2.30. The highest BCUT2D eigenvalue weighted by Crippen LogP contribution is 2.40. The summed E-state index contributed by atoms with van der Waals surface area (Å²) in [5.41, 5.74) is 2.01. The van der Waals surface area contributed by atoms with E-state index in [-0.39, 0.29) is 5.91 Å². The molecule has 7 heteroatoms. The van der Waals surface area contributed by atoms with Gasteiger partial charge in [0, 0.05) is 16.5 Å². The number of nitrogens with one attached hydrogen (secondary N) is 1. The molecule has 0 spiro atoms. The van der Waals surface area contributed by atoms with Gasteiger partial charge in [-0.3, -0.25) is 4.79 Å². The van der Waals surface area contributed by atoms with Crippen LogP contribution in [0, 0.1) is 0 Å². The van der Waals surface area contributed by atoms with Crippen LogP contribution in [-0.4, -0.2) is 25.3 Å². The van der Waals surface area contributed by atoms with E-state index >= 15 is 0 Å². The SMILES string of the molecule is CSc1ccc(CNC(=O)c2ccc(N3CCOc4ccc(Cl)cc43)s2)cc1. The number of thioether (sulfide) groups is 1. The Hall–Kier alpha value is -2.15. The maximum atomic E-state index is 12.6. The lowest BCUT2D eigenvalue weighted by molar-refractivity contribution is 0.0955. The number of carbonyl (C=O) groups excluding carboxylic acids is 1. The number of amides is 1. The molecular weight excluding hydrogens is 412 g/mol. The number of fused-ring (bicyclic) bond motifs is 1. The summed E-state index contributed by atoms with van der Waals surface area (Å²) in [4.78, 5) is 16.6. The van der Waals surface area contributed by atoms with Gasteiger partial charge in [-0.1, -0.05) is 23.7 Å². The first kappa shape index (κ1) is 19.2. The summed E-state index contributed by atoms with van der Waals surface area (Å²) in [5.74, 6) is 0.744. The molecule has 144 valence electrons. The molecule has 0 bridgehead atoms. The zero-order valence-corrected chi connectivity index (χ0v) is 17.7. The fraction of sp³-hybridized carbons (Fsp3) is 0.190. The molecule has 0 unspecified atom stereocenters. The Labute approximate surface area is 177 Å². The molecule has 1 N–H and O–H groups in total. The number of anilines is 2. The average molecular weight is 431 g/mol. The Kier molecular flexibility index (Phi) is 5.80. The summed E-state index contributed by atoms with van der Waals surface area (Å²) in [6, 6.07) is 17.7. The van der Waals surface area contributed by atoms with Gasteiger partial charge in [0.15, 0.2) is 0 Å². The Bertz CT molecular complexity index is 988. The number of carbonyl (C=O) groups is 1. The van der Waals surface area contributed by atoms with Crippen molar-refractivity contribution in [1.82, 2.24) is 5.32 Å². The first-order chi connectivity index (χ1) is 13.6. The van der Waals surface area contributed by atoms with Crippen LogP contribution in [0.1, 0.15) is 15.2 Å². The van der Waals surface area contributed by atoms with Crippen LogP contribution in [0.4, 0.5) is 10.7 Å². The number of hydrogen-bond acceptors (Lipinski definition) is 5. The number of nitrogens with zero attached hydrogens (tertiary/aromatic N) is 1. The number of ether oxygens (including phenoxy) is 1. The van der Waals surface area contributed by atoms with Crippen LogP contribution in [0.15, 0.2) is 59.5 Å². The van der Waals surface area contributed by atoms with Gasteiger partial charge in [0.2, 0.25) is 0 Å². The van der Waals surface area contributed by atoms with Gasteiger partial charge in [-0.2, -0.15) is 0 Å². The summed E-state index contributed by atoms with van der Waals surface area (Å²) in [5, 5.41) is 4.66. The molecule has 4 nitrogen and oxygen atoms in total. The maximum absolute atomic E-state index is 12.6. The second kappa shape index (κ2) is 8.47. The van der Waals surface area contributed by atoms with E-state index in [1.165, 1.54) is 16.2 Å². The lowest BCUT2D eigenvalue weighted by atomic mass is 10.2. The third-order valence-corrected chi connectivity index (χ3v) is 6.56. The number of thiophene rings is 1. The van der Waals surface area contributed by atoms with E-state index in [9.17, 15) is 4.79 Å². The molecular formula is C21H19ClN2O2S2. The maximum Gasteiger partial charge on any atom is 0.261 e. The molecule has 4 rings (SSSR count). The zero-order valence-electron chi connectivity index (χ0n) is 15.3. The van der Waals surface area contributed by atoms with Crippen molar-refractivity contribution in [3.63, 3.8) is 0 Å². The third-order valence-electron chi connectivity index (χ3n) is 4.48. The summed E-state index contributed by atoms with van der Waals surface area (Å²) < 4.78 is 5.71. The Balaban J connectivity index is 1.46. The first-order valence-electron chi connectivity index (χ1n) is 8.85. The molecule has 2 heterocycles. The van der Waals surface area contributed by atoms with Gasteiger partial charge in [0.05, 0.1) is 22.1 Å². The van der Waals surface area contributed by atoms with E-state index in [0.29, 0.717) is 23.1 Å². The summed E-state index contributed by atoms with van der Waals surface area (Å²) in [7, 11) is 0. The molecule has 3 aromatic rings. The monoisotopic (exact) mass is 430 g/mol. The Morgan fingerprint density at radius 3 is 2.82 bits per heavy atom. The van der Waals surface area contributed by atoms with Crippen molar-refractivity contribution in [2.45, 2.75) is 11.4 Å². The summed E-state index contributed by atoms with van der Waals surface area (Å²) in [6.07, 6.45) is 2.05. The van der Waals surface area contributed by atoms with Crippen molar-refractivity contribution in [3.8, 4) is 5.75 Å². The minimum Gasteiger partial charge on any atom is -0.490 e. The smallest absolute Gasteiger partial charge is 0.261 e. The van der Waals surface area contributed by atoms with Crippen LogP contribution in [0.25, 0.3) is 0 Å². The molecule has 2 aromatic carbocycles. The van der Waals surface area contributed by atoms with Crippen molar-refractivity contribution in [1.29, 1.82) is 0 Å². The highest BCUT2D eigenvalue weighted by atomic mass is 35.5. The minimum atomic E-state index is -0.0650. The van der Waals surface area contributed by atoms with E-state index in [1.807, 2.05) is 48.7 Å². The molecule has 1 aliphatic heterocycles. The second-order valence-corrected chi connectivity index (χ2v) is 8.66. The predicted octanol–water partition coefficient (Wildman–Crippen LogP) is 5.58. The molecule has 0 fully saturated rings. The number of benzene rings is 2. The molecule has 28 heavy (non-hydrogen) atoms. The lowest BCUT2D eigenvalue weighted by Crippen LogP contribution is -2.27. The number of rotatable bonds is 5. The molecule has 0 aliphatic carbocycles. The van der Waals surface area contributed by atoms with E-state index in [1.54, 1.807) is 11.8 Å². The quantitative estimate of drug-likeness (QED) is 0.536. The van der Waals surface area contributed by atoms with Gasteiger partial charge in [-0.05, 0) is 54.3 Å². The third kappa shape index (κ3) is 4.14. The van der Waals surface area contributed by atoms with Gasteiger partial charge in [0.25, 0.3) is 5.91 Å². The largest absolute Gasteiger partial charge is 0.490 e. The van der Waals surface area contributed by atoms with Crippen LogP contribution < -0.4 is 15.0 Å². The van der Waals surface area contributed by atoms with Crippen LogP contribution in [0.3, 0.4) is 0 Å². The molecule has 0 atom stereocenters. The van der Waals surface area contributed by atoms with Crippen LogP contribution in [0.2, 0.25) is 5.02 Å². The standard InChI is InChI=1S/C21H19ClN2O2S2/c1-27-16-5-2-14(3-6-16)13-23-21(25)19-8-9-20(28-19)24-10-11-26-18-7-4-15(22)12-17(18)24/h2-9,12H,10-11,13H2,1H3,(H,23,25). The van der Waals surface area contributed by atoms with Crippen molar-refractivity contribution in [2.24, 2.45) is 0 Å². The van der Waals surface area contributed by atoms with Gasteiger partial charge in [-0.15, -0.1) is 23.1 Å². The fourth-order valence-electron chi connectivity index (χ4n) is 3.03. The topological polar surface area (TPSA) is 41.6 Å². The molecule has 1 aromatic heterocycles. The summed E-state index contributed by atoms with van der Waals surface area (Å²) in [6.45, 7) is 1.83. The molecule has 0 radical (unpaired) electrons. The minimum absolute atomic E-state index is 0.0650. The number of hydrogen-bond donors (Lipinski definition) is 1. The van der Waals surface area contributed by atoms with E-state index in [0.717, 1.165) is 28.5 Å². The van der Waals surface area contributed by atoms with Crippen LogP contribution >= 0.6 is 34.7 Å². The van der Waals surface area contributed by atoms with Gasteiger partial charge < -0.3 is 15.0 Å². The van der Waals surface area contributed by atoms with E-state index in [2.05, 4.69) is 22.3 Å². The van der Waals surface area contributed by atoms with Crippen molar-refractivity contribution < 1.29 is 9.53 Å².